The molecule has 2 aromatic carbocycles. The fourth-order valence-corrected chi connectivity index (χ4v) is 5.40. The number of para-hydroxylation sites is 1. The average Bonchev–Trinajstić information content (AvgIpc) is 3.37. The molecule has 1 amide bonds. The first-order chi connectivity index (χ1) is 13.6. The molecule has 0 N–H and O–H groups in total. The Kier molecular flexibility index (Phi) is 4.50. The number of aromatic nitrogens is 1. The van der Waals surface area contributed by atoms with Gasteiger partial charge in [0, 0.05) is 38.6 Å². The third kappa shape index (κ3) is 3.26. The molecule has 0 saturated carbocycles. The van der Waals surface area contributed by atoms with Gasteiger partial charge in [-0.1, -0.05) is 41.1 Å². The van der Waals surface area contributed by atoms with Crippen LogP contribution in [0.1, 0.15) is 18.9 Å². The number of benzene rings is 2. The van der Waals surface area contributed by atoms with Gasteiger partial charge < -0.3 is 9.64 Å². The highest BCUT2D eigenvalue weighted by atomic mass is 35.5. The van der Waals surface area contributed by atoms with E-state index in [9.17, 15) is 4.79 Å². The van der Waals surface area contributed by atoms with Crippen LogP contribution in [-0.4, -0.2) is 45.9 Å². The van der Waals surface area contributed by atoms with E-state index >= 15 is 0 Å². The van der Waals surface area contributed by atoms with Gasteiger partial charge in [-0.25, -0.2) is 4.98 Å². The van der Waals surface area contributed by atoms with E-state index in [1.54, 1.807) is 6.92 Å². The van der Waals surface area contributed by atoms with Crippen molar-refractivity contribution >= 4 is 39.1 Å². The summed E-state index contributed by atoms with van der Waals surface area (Å²) in [5.74, 6) is 0.967. The van der Waals surface area contributed by atoms with Crippen LogP contribution in [0.5, 0.6) is 10.9 Å². The Morgan fingerprint density at radius 3 is 2.71 bits per heavy atom. The van der Waals surface area contributed by atoms with Gasteiger partial charge in [0.25, 0.3) is 5.19 Å². The number of hydrogen-bond donors (Lipinski definition) is 0. The van der Waals surface area contributed by atoms with Gasteiger partial charge in [0.2, 0.25) is 5.91 Å². The van der Waals surface area contributed by atoms with Crippen LogP contribution in [0.4, 0.5) is 0 Å². The van der Waals surface area contributed by atoms with Gasteiger partial charge in [0.05, 0.1) is 9.72 Å². The first kappa shape index (κ1) is 17.9. The van der Waals surface area contributed by atoms with Crippen LogP contribution in [-0.2, 0) is 11.3 Å². The number of halogens is 1. The van der Waals surface area contributed by atoms with Crippen LogP contribution >= 0.6 is 22.9 Å². The molecule has 2 aliphatic rings. The van der Waals surface area contributed by atoms with Crippen molar-refractivity contribution < 1.29 is 9.53 Å². The van der Waals surface area contributed by atoms with E-state index in [1.165, 1.54) is 16.9 Å². The van der Waals surface area contributed by atoms with Gasteiger partial charge in [0.15, 0.2) is 0 Å². The van der Waals surface area contributed by atoms with E-state index in [0.717, 1.165) is 42.0 Å². The zero-order chi connectivity index (χ0) is 19.3. The Morgan fingerprint density at radius 1 is 1.21 bits per heavy atom. The van der Waals surface area contributed by atoms with Crippen molar-refractivity contribution in [3.05, 3.63) is 53.1 Å². The second-order valence-electron chi connectivity index (χ2n) is 7.46. The van der Waals surface area contributed by atoms with E-state index in [1.807, 2.05) is 35.2 Å². The highest BCUT2D eigenvalue weighted by molar-refractivity contribution is 7.20. The Hall–Kier alpha value is -2.15. The predicted octanol–water partition coefficient (Wildman–Crippen LogP) is 4.55. The third-order valence-corrected chi connectivity index (χ3v) is 6.83. The maximum absolute atomic E-state index is 11.6. The number of rotatable bonds is 4. The van der Waals surface area contributed by atoms with Crippen LogP contribution in [0.15, 0.2) is 42.5 Å². The van der Waals surface area contributed by atoms with Crippen molar-refractivity contribution in [1.82, 2.24) is 14.8 Å². The lowest BCUT2D eigenvalue weighted by molar-refractivity contribution is -0.131. The molecule has 0 aliphatic carbocycles. The normalized spacial score (nSPS) is 21.6. The van der Waals surface area contributed by atoms with Crippen molar-refractivity contribution in [2.45, 2.75) is 32.0 Å². The zero-order valence-electron chi connectivity index (χ0n) is 15.5. The predicted molar refractivity (Wildman–Crippen MR) is 111 cm³/mol. The molecule has 3 aromatic rings. The lowest BCUT2D eigenvalue weighted by atomic mass is 10.2. The molecular weight excluding hydrogens is 394 g/mol. The molecule has 144 valence electrons. The van der Waals surface area contributed by atoms with Gasteiger partial charge in [0.1, 0.15) is 11.3 Å². The molecule has 5 rings (SSSR count). The molecule has 5 nitrogen and oxygen atoms in total. The first-order valence-corrected chi connectivity index (χ1v) is 10.6. The fraction of sp³-hybridized carbons (Fsp3) is 0.333. The Bertz CT molecular complexity index is 1040. The zero-order valence-corrected chi connectivity index (χ0v) is 17.0. The maximum atomic E-state index is 11.6. The van der Waals surface area contributed by atoms with E-state index < -0.39 is 0 Å². The summed E-state index contributed by atoms with van der Waals surface area (Å²) < 4.78 is 6.94. The van der Waals surface area contributed by atoms with Gasteiger partial charge in [-0.3, -0.25) is 9.69 Å². The quantitative estimate of drug-likeness (QED) is 0.629. The monoisotopic (exact) mass is 413 g/mol. The molecular formula is C21H20ClN3O2S. The maximum Gasteiger partial charge on any atom is 0.279 e. The van der Waals surface area contributed by atoms with E-state index in [2.05, 4.69) is 22.0 Å². The minimum atomic E-state index is 0.199. The number of nitrogens with zero attached hydrogens (tertiary/aromatic N) is 3. The SMILES string of the molecule is CC(=O)N1C[C@H]2C[C@@H]1CN2Cc1ccc(Oc2nc3c(Cl)cccc3s2)cc1. The topological polar surface area (TPSA) is 45.7 Å². The Labute approximate surface area is 172 Å². The van der Waals surface area contributed by atoms with E-state index in [0.29, 0.717) is 22.3 Å². The molecule has 28 heavy (non-hydrogen) atoms. The molecule has 1 aromatic heterocycles. The number of amides is 1. The first-order valence-electron chi connectivity index (χ1n) is 9.40. The molecule has 0 radical (unpaired) electrons. The molecule has 0 spiro atoms. The summed E-state index contributed by atoms with van der Waals surface area (Å²) in [5, 5.41) is 1.24. The number of ether oxygens (including phenoxy) is 1. The number of likely N-dealkylation sites (tertiary alicyclic amines) is 2. The van der Waals surface area contributed by atoms with Gasteiger partial charge in [-0.15, -0.1) is 0 Å². The summed E-state index contributed by atoms with van der Waals surface area (Å²) in [5.41, 5.74) is 2.03. The number of piperazine rings is 1. The Morgan fingerprint density at radius 2 is 2.04 bits per heavy atom. The number of hydrogen-bond acceptors (Lipinski definition) is 5. The third-order valence-electron chi connectivity index (χ3n) is 5.62. The van der Waals surface area contributed by atoms with Crippen LogP contribution in [0, 0.1) is 0 Å². The molecule has 0 unspecified atom stereocenters. The molecule has 3 heterocycles. The highest BCUT2D eigenvalue weighted by Crippen LogP contribution is 2.35. The van der Waals surface area contributed by atoms with Crippen molar-refractivity contribution in [2.75, 3.05) is 13.1 Å². The number of carbonyl (C=O) groups is 1. The highest BCUT2D eigenvalue weighted by Gasteiger charge is 2.43. The van der Waals surface area contributed by atoms with Gasteiger partial charge >= 0.3 is 0 Å². The number of fused-ring (bicyclic) bond motifs is 3. The lowest BCUT2D eigenvalue weighted by Gasteiger charge is -2.33. The molecule has 2 bridgehead atoms. The second-order valence-corrected chi connectivity index (χ2v) is 8.86. The largest absolute Gasteiger partial charge is 0.431 e. The average molecular weight is 414 g/mol. The van der Waals surface area contributed by atoms with E-state index in [4.69, 9.17) is 16.3 Å². The second kappa shape index (κ2) is 7.03. The van der Waals surface area contributed by atoms with Crippen LogP contribution in [0.25, 0.3) is 10.2 Å². The number of thiazole rings is 1. The van der Waals surface area contributed by atoms with Gasteiger partial charge in [-0.05, 0) is 36.2 Å². The summed E-state index contributed by atoms with van der Waals surface area (Å²) in [4.78, 5) is 20.6. The van der Waals surface area contributed by atoms with Crippen LogP contribution in [0.3, 0.4) is 0 Å². The standard InChI is InChI=1S/C21H20ClN3O2S/c1-13(26)25-12-15-9-16(25)11-24(15)10-14-5-7-17(8-6-14)27-21-23-20-18(22)3-2-4-19(20)28-21/h2-8,15-16H,9-12H2,1H3/t15-,16-/m1/s1. The van der Waals surface area contributed by atoms with Crippen molar-refractivity contribution in [1.29, 1.82) is 0 Å². The molecule has 7 heteroatoms. The Balaban J connectivity index is 1.24. The fourth-order valence-electron chi connectivity index (χ4n) is 4.27. The van der Waals surface area contributed by atoms with Crippen molar-refractivity contribution in [3.63, 3.8) is 0 Å². The summed E-state index contributed by atoms with van der Waals surface area (Å²) in [6.07, 6.45) is 1.10. The van der Waals surface area contributed by atoms with Crippen LogP contribution in [0.2, 0.25) is 5.02 Å². The number of carbonyl (C=O) groups excluding carboxylic acids is 1. The van der Waals surface area contributed by atoms with Gasteiger partial charge in [-0.2, -0.15) is 0 Å². The summed E-state index contributed by atoms with van der Waals surface area (Å²) in [6.45, 7) is 4.41. The molecule has 2 atom stereocenters. The molecule has 2 fully saturated rings. The van der Waals surface area contributed by atoms with Crippen LogP contribution < -0.4 is 4.74 Å². The molecule has 2 saturated heterocycles. The van der Waals surface area contributed by atoms with E-state index in [-0.39, 0.29) is 5.91 Å². The summed E-state index contributed by atoms with van der Waals surface area (Å²) in [6, 6.07) is 14.8. The molecule has 2 aliphatic heterocycles. The minimum Gasteiger partial charge on any atom is -0.431 e. The van der Waals surface area contributed by atoms with Crippen molar-refractivity contribution in [2.24, 2.45) is 0 Å². The van der Waals surface area contributed by atoms with Crippen molar-refractivity contribution in [3.8, 4) is 10.9 Å². The minimum absolute atomic E-state index is 0.199. The lowest BCUT2D eigenvalue weighted by Crippen LogP contribution is -2.47. The summed E-state index contributed by atoms with van der Waals surface area (Å²) >= 11 is 7.68. The summed E-state index contributed by atoms with van der Waals surface area (Å²) in [7, 11) is 0. The smallest absolute Gasteiger partial charge is 0.279 e.